The molecule has 20 heavy (non-hydrogen) atoms. The second-order valence-corrected chi connectivity index (χ2v) is 4.77. The van der Waals surface area contributed by atoms with Crippen molar-refractivity contribution in [1.29, 1.82) is 0 Å². The third-order valence-corrected chi connectivity index (χ3v) is 3.30. The first kappa shape index (κ1) is 16.8. The molecule has 1 amide bonds. The van der Waals surface area contributed by atoms with Crippen LogP contribution in [0.3, 0.4) is 0 Å². The maximum atomic E-state index is 12.4. The van der Waals surface area contributed by atoms with E-state index in [0.717, 1.165) is 0 Å². The standard InChI is InChI=1S/C11H8BrF6NO/c1-5-6(12)3-2-4-7(5)19-9(20)8(10(13,14)15)11(16,17)18/h2-4,8H,1H3,(H,19,20). The van der Waals surface area contributed by atoms with E-state index >= 15 is 0 Å². The molecule has 0 unspecified atom stereocenters. The van der Waals surface area contributed by atoms with Crippen LogP contribution in [0.5, 0.6) is 0 Å². The molecule has 1 rings (SSSR count). The van der Waals surface area contributed by atoms with E-state index in [1.165, 1.54) is 25.1 Å². The van der Waals surface area contributed by atoms with Gasteiger partial charge in [-0.2, -0.15) is 26.3 Å². The molecule has 0 aliphatic rings. The first-order chi connectivity index (χ1) is 8.94. The van der Waals surface area contributed by atoms with E-state index < -0.39 is 24.2 Å². The Morgan fingerprint density at radius 1 is 1.15 bits per heavy atom. The van der Waals surface area contributed by atoms with Gasteiger partial charge in [0.15, 0.2) is 0 Å². The van der Waals surface area contributed by atoms with Crippen LogP contribution in [0.1, 0.15) is 5.56 Å². The van der Waals surface area contributed by atoms with Gasteiger partial charge in [0.05, 0.1) is 0 Å². The summed E-state index contributed by atoms with van der Waals surface area (Å²) in [6, 6.07) is 4.13. The summed E-state index contributed by atoms with van der Waals surface area (Å²) in [5.74, 6) is -6.22. The number of benzene rings is 1. The quantitative estimate of drug-likeness (QED) is 0.773. The molecule has 0 saturated carbocycles. The molecule has 0 heterocycles. The predicted molar refractivity (Wildman–Crippen MR) is 63.1 cm³/mol. The van der Waals surface area contributed by atoms with Gasteiger partial charge < -0.3 is 5.32 Å². The summed E-state index contributed by atoms with van der Waals surface area (Å²) in [6.45, 7) is 1.44. The van der Waals surface area contributed by atoms with Gasteiger partial charge in [-0.3, -0.25) is 4.79 Å². The number of hydrogen-bond donors (Lipinski definition) is 1. The predicted octanol–water partition coefficient (Wildman–Crippen LogP) is 4.44. The van der Waals surface area contributed by atoms with Gasteiger partial charge in [0.2, 0.25) is 11.8 Å². The van der Waals surface area contributed by atoms with Gasteiger partial charge in [0.1, 0.15) is 0 Å². The van der Waals surface area contributed by atoms with Crippen LogP contribution in [0.25, 0.3) is 0 Å². The number of hydrogen-bond acceptors (Lipinski definition) is 1. The van der Waals surface area contributed by atoms with Gasteiger partial charge in [-0.15, -0.1) is 0 Å². The molecule has 1 N–H and O–H groups in total. The summed E-state index contributed by atoms with van der Waals surface area (Å²) in [6.07, 6.45) is -11.4. The summed E-state index contributed by atoms with van der Waals surface area (Å²) < 4.78 is 74.6. The lowest BCUT2D eigenvalue weighted by Gasteiger charge is -2.22. The molecular weight excluding hydrogens is 356 g/mol. The van der Waals surface area contributed by atoms with E-state index in [4.69, 9.17) is 0 Å². The average Bonchev–Trinajstić information content (AvgIpc) is 2.20. The Morgan fingerprint density at radius 3 is 2.10 bits per heavy atom. The summed E-state index contributed by atoms with van der Waals surface area (Å²) in [4.78, 5) is 11.3. The molecule has 0 aromatic heterocycles. The number of alkyl halides is 6. The zero-order valence-electron chi connectivity index (χ0n) is 9.86. The van der Waals surface area contributed by atoms with Crippen molar-refractivity contribution in [3.63, 3.8) is 0 Å². The Kier molecular flexibility index (Phi) is 4.73. The van der Waals surface area contributed by atoms with Gasteiger partial charge >= 0.3 is 12.4 Å². The summed E-state index contributed by atoms with van der Waals surface area (Å²) in [5.41, 5.74) is 0.201. The molecule has 0 atom stereocenters. The van der Waals surface area contributed by atoms with Crippen LogP contribution in [-0.4, -0.2) is 18.3 Å². The lowest BCUT2D eigenvalue weighted by Crippen LogP contribution is -2.45. The third-order valence-electron chi connectivity index (χ3n) is 2.44. The average molecular weight is 364 g/mol. The molecule has 0 radical (unpaired) electrons. The molecule has 0 aliphatic heterocycles. The van der Waals surface area contributed by atoms with E-state index in [9.17, 15) is 31.1 Å². The van der Waals surface area contributed by atoms with Crippen molar-refractivity contribution in [1.82, 2.24) is 0 Å². The zero-order valence-corrected chi connectivity index (χ0v) is 11.4. The second kappa shape index (κ2) is 5.63. The summed E-state index contributed by atoms with van der Waals surface area (Å²) in [7, 11) is 0. The van der Waals surface area contributed by atoms with Crippen LogP contribution < -0.4 is 5.32 Å². The zero-order chi connectivity index (χ0) is 15.7. The molecular formula is C11H8BrF6NO. The first-order valence-electron chi connectivity index (χ1n) is 5.14. The minimum atomic E-state index is -5.71. The molecule has 0 aliphatic carbocycles. The van der Waals surface area contributed by atoms with Crippen molar-refractivity contribution in [3.05, 3.63) is 28.2 Å². The number of carbonyl (C=O) groups is 1. The lowest BCUT2D eigenvalue weighted by molar-refractivity contribution is -0.272. The van der Waals surface area contributed by atoms with Crippen molar-refractivity contribution in [2.24, 2.45) is 5.92 Å². The monoisotopic (exact) mass is 363 g/mol. The van der Waals surface area contributed by atoms with Crippen LogP contribution in [0, 0.1) is 12.8 Å². The Hall–Kier alpha value is -1.25. The topological polar surface area (TPSA) is 29.1 Å². The fourth-order valence-corrected chi connectivity index (χ4v) is 1.80. The SMILES string of the molecule is Cc1c(Br)cccc1NC(=O)C(C(F)(F)F)C(F)(F)F. The number of nitrogens with one attached hydrogen (secondary N) is 1. The Balaban J connectivity index is 3.07. The van der Waals surface area contributed by atoms with Gasteiger partial charge in [-0.25, -0.2) is 0 Å². The van der Waals surface area contributed by atoms with Gasteiger partial charge in [-0.05, 0) is 24.6 Å². The highest BCUT2D eigenvalue weighted by Crippen LogP contribution is 2.40. The van der Waals surface area contributed by atoms with Crippen molar-refractivity contribution >= 4 is 27.5 Å². The van der Waals surface area contributed by atoms with Crippen LogP contribution in [-0.2, 0) is 4.79 Å². The molecule has 112 valence electrons. The van der Waals surface area contributed by atoms with E-state index in [-0.39, 0.29) is 5.69 Å². The largest absolute Gasteiger partial charge is 0.409 e. The van der Waals surface area contributed by atoms with Crippen LogP contribution >= 0.6 is 15.9 Å². The highest BCUT2D eigenvalue weighted by molar-refractivity contribution is 9.10. The molecule has 0 saturated heterocycles. The van der Waals surface area contributed by atoms with Gasteiger partial charge in [0.25, 0.3) is 0 Å². The maximum absolute atomic E-state index is 12.4. The van der Waals surface area contributed by atoms with Crippen molar-refractivity contribution < 1.29 is 31.1 Å². The molecule has 0 spiro atoms. The Labute approximate surface area is 118 Å². The van der Waals surface area contributed by atoms with Crippen molar-refractivity contribution in [2.45, 2.75) is 19.3 Å². The first-order valence-corrected chi connectivity index (χ1v) is 5.93. The fraction of sp³-hybridized carbons (Fsp3) is 0.364. The van der Waals surface area contributed by atoms with E-state index in [1.54, 1.807) is 5.32 Å². The smallest absolute Gasteiger partial charge is 0.325 e. The second-order valence-electron chi connectivity index (χ2n) is 3.92. The third kappa shape index (κ3) is 3.87. The van der Waals surface area contributed by atoms with Crippen molar-refractivity contribution in [3.8, 4) is 0 Å². The molecule has 1 aromatic carbocycles. The highest BCUT2D eigenvalue weighted by Gasteiger charge is 2.61. The minimum absolute atomic E-state index is 0.122. The van der Waals surface area contributed by atoms with E-state index in [0.29, 0.717) is 10.0 Å². The van der Waals surface area contributed by atoms with Crippen molar-refractivity contribution in [2.75, 3.05) is 5.32 Å². The highest BCUT2D eigenvalue weighted by atomic mass is 79.9. The number of amides is 1. The molecule has 2 nitrogen and oxygen atoms in total. The summed E-state index contributed by atoms with van der Waals surface area (Å²) >= 11 is 3.06. The molecule has 0 fully saturated rings. The maximum Gasteiger partial charge on any atom is 0.409 e. The molecule has 9 heteroatoms. The molecule has 1 aromatic rings. The van der Waals surface area contributed by atoms with E-state index in [2.05, 4.69) is 15.9 Å². The number of anilines is 1. The molecule has 0 bridgehead atoms. The fourth-order valence-electron chi connectivity index (χ4n) is 1.43. The summed E-state index contributed by atoms with van der Waals surface area (Å²) in [5, 5.41) is 1.66. The normalized spacial score (nSPS) is 12.7. The van der Waals surface area contributed by atoms with Gasteiger partial charge in [0, 0.05) is 10.2 Å². The van der Waals surface area contributed by atoms with Crippen LogP contribution in [0.4, 0.5) is 32.0 Å². The lowest BCUT2D eigenvalue weighted by atomic mass is 10.1. The van der Waals surface area contributed by atoms with Gasteiger partial charge in [-0.1, -0.05) is 22.0 Å². The number of halogens is 7. The number of rotatable bonds is 2. The Bertz CT molecular complexity index is 497. The van der Waals surface area contributed by atoms with Crippen LogP contribution in [0.2, 0.25) is 0 Å². The number of carbonyl (C=O) groups excluding carboxylic acids is 1. The Morgan fingerprint density at radius 2 is 1.65 bits per heavy atom. The van der Waals surface area contributed by atoms with E-state index in [1.807, 2.05) is 0 Å². The minimum Gasteiger partial charge on any atom is -0.325 e. The van der Waals surface area contributed by atoms with Crippen LogP contribution in [0.15, 0.2) is 22.7 Å².